The van der Waals surface area contributed by atoms with E-state index in [-0.39, 0.29) is 24.0 Å². The first-order chi connectivity index (χ1) is 12.2. The fourth-order valence-corrected chi connectivity index (χ4v) is 3.78. The largest absolute Gasteiger partial charge is 0.356 e. The Morgan fingerprint density at radius 1 is 1.31 bits per heavy atom. The molecule has 0 bridgehead atoms. The molecule has 0 aliphatic carbocycles. The molecule has 1 N–H and O–H groups in total. The highest BCUT2D eigenvalue weighted by molar-refractivity contribution is 14.0. The van der Waals surface area contributed by atoms with E-state index in [0.717, 1.165) is 47.7 Å². The topological polar surface area (TPSA) is 57.8 Å². The van der Waals surface area contributed by atoms with E-state index in [1.165, 1.54) is 4.88 Å². The van der Waals surface area contributed by atoms with Crippen LogP contribution < -0.4 is 5.32 Å². The molecule has 0 amide bonds. The van der Waals surface area contributed by atoms with E-state index >= 15 is 0 Å². The molecular formula is C17H22ClIN6S. The minimum atomic E-state index is 0. The molecule has 0 saturated carbocycles. The molecule has 3 aromatic rings. The van der Waals surface area contributed by atoms with Crippen LogP contribution in [0.5, 0.6) is 0 Å². The second-order valence-electron chi connectivity index (χ2n) is 5.68. The van der Waals surface area contributed by atoms with Gasteiger partial charge in [0.05, 0.1) is 10.9 Å². The Morgan fingerprint density at radius 3 is 2.88 bits per heavy atom. The summed E-state index contributed by atoms with van der Waals surface area (Å²) in [5, 5.41) is 11.8. The minimum absolute atomic E-state index is 0. The number of aliphatic imine (C=N–C) groups is 1. The molecular weight excluding hydrogens is 483 g/mol. The van der Waals surface area contributed by atoms with Gasteiger partial charge in [-0.15, -0.1) is 45.5 Å². The highest BCUT2D eigenvalue weighted by Crippen LogP contribution is 2.22. The van der Waals surface area contributed by atoms with E-state index in [2.05, 4.69) is 25.4 Å². The average Bonchev–Trinajstić information content (AvgIpc) is 3.21. The van der Waals surface area contributed by atoms with Crippen LogP contribution in [0.3, 0.4) is 0 Å². The Morgan fingerprint density at radius 2 is 2.15 bits per heavy atom. The molecule has 0 fully saturated rings. The highest BCUT2D eigenvalue weighted by Gasteiger charge is 2.09. The normalized spacial score (nSPS) is 11.4. The Hall–Kier alpha value is -1.39. The van der Waals surface area contributed by atoms with Gasteiger partial charge in [0.15, 0.2) is 11.6 Å². The van der Waals surface area contributed by atoms with Crippen LogP contribution in [0.2, 0.25) is 4.34 Å². The molecule has 140 valence electrons. The van der Waals surface area contributed by atoms with Gasteiger partial charge in [0.25, 0.3) is 0 Å². The summed E-state index contributed by atoms with van der Waals surface area (Å²) < 4.78 is 2.84. The lowest BCUT2D eigenvalue weighted by Gasteiger charge is -2.21. The summed E-state index contributed by atoms with van der Waals surface area (Å²) in [4.78, 5) is 7.65. The number of hydrogen-bond acceptors (Lipinski definition) is 4. The Balaban J connectivity index is 0.00000243. The van der Waals surface area contributed by atoms with E-state index in [0.29, 0.717) is 0 Å². The number of hydrogen-bond donors (Lipinski definition) is 1. The van der Waals surface area contributed by atoms with Crippen LogP contribution in [0, 0.1) is 0 Å². The molecule has 3 heterocycles. The van der Waals surface area contributed by atoms with Gasteiger partial charge >= 0.3 is 0 Å². The van der Waals surface area contributed by atoms with Gasteiger partial charge < -0.3 is 10.2 Å². The third-order valence-corrected chi connectivity index (χ3v) is 5.06. The Kier molecular flexibility index (Phi) is 8.11. The van der Waals surface area contributed by atoms with Gasteiger partial charge in [-0.3, -0.25) is 9.39 Å². The van der Waals surface area contributed by atoms with Crippen molar-refractivity contribution < 1.29 is 0 Å². The van der Waals surface area contributed by atoms with Crippen molar-refractivity contribution >= 4 is 58.5 Å². The zero-order chi connectivity index (χ0) is 17.6. The Bertz CT molecular complexity index is 862. The molecule has 0 saturated heterocycles. The first kappa shape index (κ1) is 20.9. The van der Waals surface area contributed by atoms with E-state index < -0.39 is 0 Å². The summed E-state index contributed by atoms with van der Waals surface area (Å²) in [5.74, 6) is 1.85. The zero-order valence-corrected chi connectivity index (χ0v) is 18.6. The lowest BCUT2D eigenvalue weighted by Crippen LogP contribution is -2.38. The minimum Gasteiger partial charge on any atom is -0.356 e. The molecule has 3 aromatic heterocycles. The monoisotopic (exact) mass is 504 g/mol. The van der Waals surface area contributed by atoms with Gasteiger partial charge in [0.2, 0.25) is 0 Å². The zero-order valence-electron chi connectivity index (χ0n) is 14.7. The van der Waals surface area contributed by atoms with Crippen LogP contribution in [0.1, 0.15) is 17.1 Å². The van der Waals surface area contributed by atoms with Crippen molar-refractivity contribution in [1.82, 2.24) is 24.8 Å². The SMILES string of the molecule is CN=C(NCCCc1nnc2ccccn12)N(C)Cc1ccc(Cl)s1.I. The van der Waals surface area contributed by atoms with Crippen molar-refractivity contribution in [3.63, 3.8) is 0 Å². The Labute approximate surface area is 179 Å². The number of aromatic nitrogens is 3. The van der Waals surface area contributed by atoms with E-state index in [9.17, 15) is 0 Å². The number of pyridine rings is 1. The first-order valence-electron chi connectivity index (χ1n) is 8.12. The molecule has 6 nitrogen and oxygen atoms in total. The van der Waals surface area contributed by atoms with Crippen LogP contribution in [0.15, 0.2) is 41.5 Å². The van der Waals surface area contributed by atoms with Gasteiger partial charge in [-0.2, -0.15) is 0 Å². The van der Waals surface area contributed by atoms with Crippen molar-refractivity contribution in [3.8, 4) is 0 Å². The average molecular weight is 505 g/mol. The molecule has 0 aliphatic heterocycles. The van der Waals surface area contributed by atoms with Crippen LogP contribution in [-0.4, -0.2) is 46.1 Å². The van der Waals surface area contributed by atoms with Crippen molar-refractivity contribution in [1.29, 1.82) is 0 Å². The lowest BCUT2D eigenvalue weighted by atomic mass is 10.3. The molecule has 3 rings (SSSR count). The number of nitrogens with one attached hydrogen (secondary N) is 1. The summed E-state index contributed by atoms with van der Waals surface area (Å²) in [5.41, 5.74) is 0.885. The predicted octanol–water partition coefficient (Wildman–Crippen LogP) is 3.70. The third-order valence-electron chi connectivity index (χ3n) is 3.84. The van der Waals surface area contributed by atoms with Crippen LogP contribution in [0.25, 0.3) is 5.65 Å². The maximum absolute atomic E-state index is 5.99. The van der Waals surface area contributed by atoms with Crippen molar-refractivity contribution in [2.75, 3.05) is 20.6 Å². The second kappa shape index (κ2) is 10.1. The second-order valence-corrected chi connectivity index (χ2v) is 7.48. The standard InChI is InChI=1S/C17H21ClN6S.HI/c1-19-17(23(2)12-13-8-9-14(18)25-13)20-10-5-7-16-22-21-15-6-3-4-11-24(15)16;/h3-4,6,8-9,11H,5,7,10,12H2,1-2H3,(H,19,20);1H. The van der Waals surface area contributed by atoms with Gasteiger partial charge in [0, 0.05) is 38.1 Å². The molecule has 9 heteroatoms. The molecule has 0 unspecified atom stereocenters. The third kappa shape index (κ3) is 5.31. The quantitative estimate of drug-likeness (QED) is 0.241. The van der Waals surface area contributed by atoms with E-state index in [1.54, 1.807) is 18.4 Å². The smallest absolute Gasteiger partial charge is 0.193 e. The number of fused-ring (bicyclic) bond motifs is 1. The van der Waals surface area contributed by atoms with Gasteiger partial charge in [-0.25, -0.2) is 0 Å². The van der Waals surface area contributed by atoms with Crippen molar-refractivity contribution in [3.05, 3.63) is 51.6 Å². The van der Waals surface area contributed by atoms with Crippen LogP contribution >= 0.6 is 46.9 Å². The predicted molar refractivity (Wildman–Crippen MR) is 119 cm³/mol. The first-order valence-corrected chi connectivity index (χ1v) is 9.31. The fourth-order valence-electron chi connectivity index (χ4n) is 2.64. The number of aryl methyl sites for hydroxylation is 1. The van der Waals surface area contributed by atoms with E-state index in [1.807, 2.05) is 48.0 Å². The number of guanidine groups is 1. The summed E-state index contributed by atoms with van der Waals surface area (Å²) in [6, 6.07) is 9.89. The van der Waals surface area contributed by atoms with Crippen LogP contribution in [0.4, 0.5) is 0 Å². The molecule has 0 aromatic carbocycles. The van der Waals surface area contributed by atoms with Gasteiger partial charge in [0.1, 0.15) is 5.82 Å². The molecule has 0 spiro atoms. The summed E-state index contributed by atoms with van der Waals surface area (Å²) in [6.45, 7) is 1.61. The van der Waals surface area contributed by atoms with Crippen molar-refractivity contribution in [2.24, 2.45) is 4.99 Å². The van der Waals surface area contributed by atoms with Crippen molar-refractivity contribution in [2.45, 2.75) is 19.4 Å². The fraction of sp³-hybridized carbons (Fsp3) is 0.353. The molecule has 0 atom stereocenters. The highest BCUT2D eigenvalue weighted by atomic mass is 127. The maximum atomic E-state index is 5.99. The molecule has 0 radical (unpaired) electrons. The van der Waals surface area contributed by atoms with E-state index in [4.69, 9.17) is 11.6 Å². The van der Waals surface area contributed by atoms with Gasteiger partial charge in [-0.1, -0.05) is 17.7 Å². The lowest BCUT2D eigenvalue weighted by molar-refractivity contribution is 0.480. The maximum Gasteiger partial charge on any atom is 0.193 e. The van der Waals surface area contributed by atoms with Crippen LogP contribution in [-0.2, 0) is 13.0 Å². The number of thiophene rings is 1. The van der Waals surface area contributed by atoms with Gasteiger partial charge in [-0.05, 0) is 30.7 Å². The number of nitrogens with zero attached hydrogens (tertiary/aromatic N) is 5. The summed E-state index contributed by atoms with van der Waals surface area (Å²) >= 11 is 7.59. The molecule has 0 aliphatic rings. The molecule has 26 heavy (non-hydrogen) atoms. The number of rotatable bonds is 6. The summed E-state index contributed by atoms with van der Waals surface area (Å²) in [6.07, 6.45) is 3.81. The number of halogens is 2. The summed E-state index contributed by atoms with van der Waals surface area (Å²) in [7, 11) is 3.82.